The second-order valence-corrected chi connectivity index (χ2v) is 5.08. The molecule has 0 spiro atoms. The molecule has 104 valence electrons. The molecule has 2 heterocycles. The summed E-state index contributed by atoms with van der Waals surface area (Å²) in [6, 6.07) is 5.79. The normalized spacial score (nSPS) is 13.1. The number of hydrogen-bond donors (Lipinski definition) is 1. The largest absolute Gasteiger partial charge is 0.448 e. The summed E-state index contributed by atoms with van der Waals surface area (Å²) in [5.41, 5.74) is 7.07. The van der Waals surface area contributed by atoms with E-state index in [2.05, 4.69) is 18.9 Å². The van der Waals surface area contributed by atoms with Crippen molar-refractivity contribution < 1.29 is 4.42 Å². The Morgan fingerprint density at radius 2 is 2.05 bits per heavy atom. The Kier molecular flexibility index (Phi) is 4.66. The van der Waals surface area contributed by atoms with Crippen LogP contribution in [0.2, 0.25) is 5.22 Å². The molecule has 0 aliphatic rings. The van der Waals surface area contributed by atoms with Gasteiger partial charge in [-0.05, 0) is 42.6 Å². The van der Waals surface area contributed by atoms with Crippen LogP contribution < -0.4 is 5.73 Å². The van der Waals surface area contributed by atoms with E-state index in [4.69, 9.17) is 21.8 Å². The Bertz CT molecular complexity index is 516. The fourth-order valence-corrected chi connectivity index (χ4v) is 2.36. The number of hydrogen-bond acceptors (Lipinski definition) is 3. The molecule has 1 unspecified atom stereocenters. The maximum Gasteiger partial charge on any atom is 0.193 e. The molecule has 1 atom stereocenters. The van der Waals surface area contributed by atoms with Crippen LogP contribution in [0.1, 0.15) is 50.2 Å². The molecule has 19 heavy (non-hydrogen) atoms. The lowest BCUT2D eigenvalue weighted by molar-refractivity contribution is 0.421. The van der Waals surface area contributed by atoms with Crippen LogP contribution in [0.5, 0.6) is 0 Å². The number of halogens is 1. The van der Waals surface area contributed by atoms with Crippen molar-refractivity contribution in [1.29, 1.82) is 0 Å². The molecule has 4 nitrogen and oxygen atoms in total. The van der Waals surface area contributed by atoms with Crippen LogP contribution in [0.15, 0.2) is 28.8 Å². The third-order valence-corrected chi connectivity index (χ3v) is 3.57. The summed E-state index contributed by atoms with van der Waals surface area (Å²) in [5.74, 6) is 0.696. The molecular formula is C14H20ClN3O. The summed E-state index contributed by atoms with van der Waals surface area (Å²) in [4.78, 5) is 0. The van der Waals surface area contributed by atoms with Crippen molar-refractivity contribution in [2.24, 2.45) is 5.73 Å². The lowest BCUT2D eigenvalue weighted by Gasteiger charge is -2.12. The van der Waals surface area contributed by atoms with Gasteiger partial charge in [0.05, 0.1) is 17.8 Å². The highest BCUT2D eigenvalue weighted by atomic mass is 35.5. The van der Waals surface area contributed by atoms with E-state index < -0.39 is 0 Å². The van der Waals surface area contributed by atoms with Gasteiger partial charge in [-0.1, -0.05) is 13.8 Å². The van der Waals surface area contributed by atoms with Crippen LogP contribution in [0.25, 0.3) is 0 Å². The molecule has 2 aromatic heterocycles. The van der Waals surface area contributed by atoms with Gasteiger partial charge >= 0.3 is 0 Å². The molecule has 0 aromatic carbocycles. The highest BCUT2D eigenvalue weighted by molar-refractivity contribution is 6.28. The van der Waals surface area contributed by atoms with Crippen LogP contribution >= 0.6 is 11.6 Å². The molecule has 5 heteroatoms. The monoisotopic (exact) mass is 281 g/mol. The number of aromatic nitrogens is 2. The van der Waals surface area contributed by atoms with E-state index in [0.29, 0.717) is 23.4 Å². The van der Waals surface area contributed by atoms with Crippen LogP contribution in [-0.2, 0) is 6.42 Å². The Morgan fingerprint density at radius 3 is 2.63 bits per heavy atom. The first-order chi connectivity index (χ1) is 9.13. The molecule has 2 rings (SSSR count). The zero-order valence-electron chi connectivity index (χ0n) is 11.3. The summed E-state index contributed by atoms with van der Waals surface area (Å²) in [6.45, 7) is 4.35. The first kappa shape index (κ1) is 14.2. The predicted octanol–water partition coefficient (Wildman–Crippen LogP) is 3.73. The first-order valence-electron chi connectivity index (χ1n) is 6.68. The number of nitrogens with two attached hydrogens (primary N) is 1. The van der Waals surface area contributed by atoms with Crippen molar-refractivity contribution >= 4 is 11.6 Å². The maximum atomic E-state index is 6.09. The lowest BCUT2D eigenvalue weighted by atomic mass is 10.1. The van der Waals surface area contributed by atoms with Crippen LogP contribution in [-0.4, -0.2) is 9.78 Å². The standard InChI is InChI=1S/C14H20ClN3O/c1-3-11(4-2)18-8-7-10(17-18)9-12(16)13-5-6-14(15)19-13/h5-8,11-12H,3-4,9,16H2,1-2H3. The zero-order valence-corrected chi connectivity index (χ0v) is 12.1. The van der Waals surface area contributed by atoms with E-state index in [9.17, 15) is 0 Å². The highest BCUT2D eigenvalue weighted by Crippen LogP contribution is 2.21. The maximum absolute atomic E-state index is 6.09. The van der Waals surface area contributed by atoms with E-state index in [-0.39, 0.29) is 6.04 Å². The van der Waals surface area contributed by atoms with Crippen molar-refractivity contribution in [3.8, 4) is 0 Å². The van der Waals surface area contributed by atoms with Gasteiger partial charge in [0.1, 0.15) is 5.76 Å². The molecule has 0 fully saturated rings. The van der Waals surface area contributed by atoms with Crippen molar-refractivity contribution in [3.63, 3.8) is 0 Å². The van der Waals surface area contributed by atoms with Gasteiger partial charge in [0.15, 0.2) is 5.22 Å². The molecule has 0 radical (unpaired) electrons. The third-order valence-electron chi connectivity index (χ3n) is 3.37. The summed E-state index contributed by atoms with van der Waals surface area (Å²) >= 11 is 5.75. The molecule has 2 aromatic rings. The molecule has 2 N–H and O–H groups in total. The molecule has 0 bridgehead atoms. The molecule has 0 saturated carbocycles. The van der Waals surface area contributed by atoms with Gasteiger partial charge in [-0.3, -0.25) is 4.68 Å². The summed E-state index contributed by atoms with van der Waals surface area (Å²) in [6.07, 6.45) is 4.83. The fraction of sp³-hybridized carbons (Fsp3) is 0.500. The lowest BCUT2D eigenvalue weighted by Crippen LogP contribution is -2.14. The SMILES string of the molecule is CCC(CC)n1ccc(CC(N)c2ccc(Cl)o2)n1. The Morgan fingerprint density at radius 1 is 1.32 bits per heavy atom. The Hall–Kier alpha value is -1.26. The Balaban J connectivity index is 2.03. The molecule has 0 aliphatic carbocycles. The summed E-state index contributed by atoms with van der Waals surface area (Å²) in [7, 11) is 0. The smallest absolute Gasteiger partial charge is 0.193 e. The van der Waals surface area contributed by atoms with Crippen molar-refractivity contribution in [2.45, 2.75) is 45.2 Å². The number of nitrogens with zero attached hydrogens (tertiary/aromatic N) is 2. The first-order valence-corrected chi connectivity index (χ1v) is 7.06. The summed E-state index contributed by atoms with van der Waals surface area (Å²) in [5, 5.41) is 4.96. The minimum Gasteiger partial charge on any atom is -0.448 e. The molecular weight excluding hydrogens is 262 g/mol. The second-order valence-electron chi connectivity index (χ2n) is 4.71. The van der Waals surface area contributed by atoms with Crippen LogP contribution in [0.3, 0.4) is 0 Å². The molecule has 0 saturated heterocycles. The average molecular weight is 282 g/mol. The van der Waals surface area contributed by atoms with Gasteiger partial charge in [-0.15, -0.1) is 0 Å². The van der Waals surface area contributed by atoms with E-state index in [1.807, 2.05) is 23.0 Å². The quantitative estimate of drug-likeness (QED) is 0.878. The number of rotatable bonds is 6. The number of furan rings is 1. The molecule has 0 aliphatic heterocycles. The van der Waals surface area contributed by atoms with Gasteiger partial charge < -0.3 is 10.2 Å². The van der Waals surface area contributed by atoms with Crippen molar-refractivity contribution in [1.82, 2.24) is 9.78 Å². The van der Waals surface area contributed by atoms with Gasteiger partial charge in [0, 0.05) is 12.6 Å². The van der Waals surface area contributed by atoms with E-state index in [0.717, 1.165) is 18.5 Å². The zero-order chi connectivity index (χ0) is 13.8. The summed E-state index contributed by atoms with van der Waals surface area (Å²) < 4.78 is 7.34. The topological polar surface area (TPSA) is 57.0 Å². The van der Waals surface area contributed by atoms with E-state index in [1.54, 1.807) is 6.07 Å². The van der Waals surface area contributed by atoms with Crippen molar-refractivity contribution in [3.05, 3.63) is 41.1 Å². The fourth-order valence-electron chi connectivity index (χ4n) is 2.21. The van der Waals surface area contributed by atoms with E-state index in [1.165, 1.54) is 0 Å². The van der Waals surface area contributed by atoms with Gasteiger partial charge in [0.25, 0.3) is 0 Å². The minimum absolute atomic E-state index is 0.211. The highest BCUT2D eigenvalue weighted by Gasteiger charge is 2.14. The van der Waals surface area contributed by atoms with Gasteiger partial charge in [-0.25, -0.2) is 0 Å². The minimum atomic E-state index is -0.211. The van der Waals surface area contributed by atoms with Crippen LogP contribution in [0, 0.1) is 0 Å². The van der Waals surface area contributed by atoms with Crippen LogP contribution in [0.4, 0.5) is 0 Å². The predicted molar refractivity (Wildman–Crippen MR) is 76.2 cm³/mol. The van der Waals surface area contributed by atoms with Gasteiger partial charge in [0.2, 0.25) is 0 Å². The molecule has 0 amide bonds. The Labute approximate surface area is 118 Å². The van der Waals surface area contributed by atoms with E-state index >= 15 is 0 Å². The average Bonchev–Trinajstić information content (AvgIpc) is 3.00. The van der Waals surface area contributed by atoms with Crippen molar-refractivity contribution in [2.75, 3.05) is 0 Å². The second kappa shape index (κ2) is 6.26. The van der Waals surface area contributed by atoms with Gasteiger partial charge in [-0.2, -0.15) is 5.10 Å². The third kappa shape index (κ3) is 3.39.